The van der Waals surface area contributed by atoms with E-state index in [1.165, 1.54) is 25.7 Å². The number of ketones is 1. The van der Waals surface area contributed by atoms with Gasteiger partial charge < -0.3 is 5.73 Å². The minimum Gasteiger partial charge on any atom is -0.323 e. The molecule has 1 aromatic carbocycles. The fourth-order valence-electron chi connectivity index (χ4n) is 3.08. The van der Waals surface area contributed by atoms with Gasteiger partial charge in [0.15, 0.2) is 0 Å². The van der Waals surface area contributed by atoms with Crippen molar-refractivity contribution in [1.82, 2.24) is 0 Å². The fraction of sp³-hybridized carbons (Fsp3) is 0.588. The van der Waals surface area contributed by atoms with E-state index in [0.29, 0.717) is 5.78 Å². The zero-order valence-corrected chi connectivity index (χ0v) is 11.8. The van der Waals surface area contributed by atoms with E-state index >= 15 is 0 Å². The molecule has 2 unspecified atom stereocenters. The monoisotopic (exact) mass is 259 g/mol. The quantitative estimate of drug-likeness (QED) is 0.834. The van der Waals surface area contributed by atoms with Gasteiger partial charge in [0.1, 0.15) is 5.78 Å². The third-order valence-corrected chi connectivity index (χ3v) is 4.43. The second kappa shape index (κ2) is 6.85. The van der Waals surface area contributed by atoms with Crippen LogP contribution in [-0.4, -0.2) is 5.78 Å². The third-order valence-electron chi connectivity index (χ3n) is 4.43. The average molecular weight is 259 g/mol. The van der Waals surface area contributed by atoms with E-state index in [4.69, 9.17) is 5.73 Å². The molecule has 19 heavy (non-hydrogen) atoms. The molecule has 0 aromatic heterocycles. The Labute approximate surface area is 116 Å². The van der Waals surface area contributed by atoms with Gasteiger partial charge in [-0.05, 0) is 18.4 Å². The van der Waals surface area contributed by atoms with Crippen LogP contribution >= 0.6 is 0 Å². The minimum atomic E-state index is -0.169. The van der Waals surface area contributed by atoms with Gasteiger partial charge in [-0.1, -0.05) is 62.9 Å². The zero-order chi connectivity index (χ0) is 13.7. The molecule has 1 aliphatic rings. The maximum absolute atomic E-state index is 12.6. The summed E-state index contributed by atoms with van der Waals surface area (Å²) in [5.74, 6) is 0.538. The first-order chi connectivity index (χ1) is 9.20. The summed E-state index contributed by atoms with van der Waals surface area (Å²) < 4.78 is 0. The number of Topliss-reactive ketones (excluding diaryl/α,β-unsaturated/α-hetero) is 1. The van der Waals surface area contributed by atoms with Crippen LogP contribution in [0.25, 0.3) is 0 Å². The Morgan fingerprint density at radius 1 is 1.11 bits per heavy atom. The van der Waals surface area contributed by atoms with Crippen LogP contribution in [0.5, 0.6) is 0 Å². The topological polar surface area (TPSA) is 43.1 Å². The maximum Gasteiger partial charge on any atom is 0.140 e. The van der Waals surface area contributed by atoms with Gasteiger partial charge >= 0.3 is 0 Å². The van der Waals surface area contributed by atoms with Crippen LogP contribution in [0.1, 0.15) is 57.1 Å². The Morgan fingerprint density at radius 3 is 2.26 bits per heavy atom. The average Bonchev–Trinajstić information content (AvgIpc) is 2.75. The number of rotatable bonds is 4. The number of carbonyl (C=O) groups excluding carboxylic acids is 1. The summed E-state index contributed by atoms with van der Waals surface area (Å²) >= 11 is 0. The van der Waals surface area contributed by atoms with E-state index in [-0.39, 0.29) is 17.9 Å². The van der Waals surface area contributed by atoms with Crippen molar-refractivity contribution in [1.29, 1.82) is 0 Å². The highest BCUT2D eigenvalue weighted by molar-refractivity contribution is 5.84. The molecule has 0 heterocycles. The lowest BCUT2D eigenvalue weighted by atomic mass is 9.83. The predicted octanol–water partition coefficient (Wildman–Crippen LogP) is 3.86. The second-order valence-corrected chi connectivity index (χ2v) is 5.82. The predicted molar refractivity (Wildman–Crippen MR) is 78.7 cm³/mol. The molecule has 1 aromatic rings. The first kappa shape index (κ1) is 14.3. The van der Waals surface area contributed by atoms with E-state index in [2.05, 4.69) is 0 Å². The van der Waals surface area contributed by atoms with Crippen LogP contribution in [0, 0.1) is 11.8 Å². The van der Waals surface area contributed by atoms with E-state index < -0.39 is 0 Å². The molecule has 1 aliphatic carbocycles. The SMILES string of the molecule is CC(C(=O)C1CCCCCC1)C(N)c1ccccc1. The van der Waals surface area contributed by atoms with E-state index in [9.17, 15) is 4.79 Å². The Kier molecular flexibility index (Phi) is 5.15. The summed E-state index contributed by atoms with van der Waals surface area (Å²) in [6.07, 6.45) is 7.08. The number of hydrogen-bond donors (Lipinski definition) is 1. The Hall–Kier alpha value is -1.15. The normalized spacial score (nSPS) is 20.5. The molecule has 0 radical (unpaired) electrons. The molecule has 0 aliphatic heterocycles. The van der Waals surface area contributed by atoms with Gasteiger partial charge in [0.2, 0.25) is 0 Å². The number of benzene rings is 1. The van der Waals surface area contributed by atoms with Crippen molar-refractivity contribution in [3.63, 3.8) is 0 Å². The van der Waals surface area contributed by atoms with Crippen molar-refractivity contribution in [2.24, 2.45) is 17.6 Å². The molecule has 2 heteroatoms. The Balaban J connectivity index is 2.01. The van der Waals surface area contributed by atoms with Crippen molar-refractivity contribution in [3.05, 3.63) is 35.9 Å². The summed E-state index contributed by atoms with van der Waals surface area (Å²) in [5, 5.41) is 0. The van der Waals surface area contributed by atoms with Gasteiger partial charge in [-0.15, -0.1) is 0 Å². The molecular formula is C17H25NO. The van der Waals surface area contributed by atoms with Gasteiger partial charge in [0.05, 0.1) is 0 Å². The molecule has 2 N–H and O–H groups in total. The molecule has 0 amide bonds. The molecule has 0 bridgehead atoms. The number of hydrogen-bond acceptors (Lipinski definition) is 2. The van der Waals surface area contributed by atoms with Gasteiger partial charge in [-0.2, -0.15) is 0 Å². The largest absolute Gasteiger partial charge is 0.323 e. The molecule has 0 spiro atoms. The van der Waals surface area contributed by atoms with Crippen LogP contribution in [0.4, 0.5) is 0 Å². The lowest BCUT2D eigenvalue weighted by Gasteiger charge is -2.23. The molecular weight excluding hydrogens is 234 g/mol. The van der Waals surface area contributed by atoms with Crippen molar-refractivity contribution < 1.29 is 4.79 Å². The van der Waals surface area contributed by atoms with Crippen molar-refractivity contribution in [2.45, 2.75) is 51.5 Å². The summed E-state index contributed by atoms with van der Waals surface area (Å²) in [5.41, 5.74) is 7.33. The van der Waals surface area contributed by atoms with E-state index in [0.717, 1.165) is 18.4 Å². The lowest BCUT2D eigenvalue weighted by molar-refractivity contribution is -0.127. The first-order valence-corrected chi connectivity index (χ1v) is 7.54. The molecule has 0 saturated heterocycles. The first-order valence-electron chi connectivity index (χ1n) is 7.54. The maximum atomic E-state index is 12.6. The lowest BCUT2D eigenvalue weighted by Crippen LogP contribution is -2.30. The van der Waals surface area contributed by atoms with Crippen molar-refractivity contribution >= 4 is 5.78 Å². The van der Waals surface area contributed by atoms with Crippen LogP contribution in [0.2, 0.25) is 0 Å². The highest BCUT2D eigenvalue weighted by atomic mass is 16.1. The third kappa shape index (κ3) is 3.66. The van der Waals surface area contributed by atoms with Gasteiger partial charge in [0, 0.05) is 17.9 Å². The number of carbonyl (C=O) groups is 1. The summed E-state index contributed by atoms with van der Waals surface area (Å²) in [6.45, 7) is 1.99. The molecule has 2 atom stereocenters. The summed E-state index contributed by atoms with van der Waals surface area (Å²) in [4.78, 5) is 12.6. The summed E-state index contributed by atoms with van der Waals surface area (Å²) in [7, 11) is 0. The smallest absolute Gasteiger partial charge is 0.140 e. The highest BCUT2D eigenvalue weighted by Crippen LogP contribution is 2.29. The Morgan fingerprint density at radius 2 is 1.68 bits per heavy atom. The molecule has 2 rings (SSSR count). The van der Waals surface area contributed by atoms with E-state index in [1.807, 2.05) is 37.3 Å². The summed E-state index contributed by atoms with van der Waals surface area (Å²) in [6, 6.07) is 9.81. The van der Waals surface area contributed by atoms with Crippen LogP contribution < -0.4 is 5.73 Å². The van der Waals surface area contributed by atoms with Crippen LogP contribution in [0.3, 0.4) is 0 Å². The second-order valence-electron chi connectivity index (χ2n) is 5.82. The molecule has 1 saturated carbocycles. The Bertz CT molecular complexity index is 393. The fourth-order valence-corrected chi connectivity index (χ4v) is 3.08. The van der Waals surface area contributed by atoms with Crippen molar-refractivity contribution in [3.8, 4) is 0 Å². The van der Waals surface area contributed by atoms with Gasteiger partial charge in [0.25, 0.3) is 0 Å². The molecule has 2 nitrogen and oxygen atoms in total. The molecule has 1 fully saturated rings. The number of nitrogens with two attached hydrogens (primary N) is 1. The highest BCUT2D eigenvalue weighted by Gasteiger charge is 2.28. The minimum absolute atomic E-state index is 0.0782. The molecule has 104 valence electrons. The zero-order valence-electron chi connectivity index (χ0n) is 11.8. The standard InChI is InChI=1S/C17H25NO/c1-13(16(18)14-9-7-4-8-10-14)17(19)15-11-5-2-3-6-12-15/h4,7-10,13,15-16H,2-3,5-6,11-12,18H2,1H3. The van der Waals surface area contributed by atoms with Gasteiger partial charge in [-0.25, -0.2) is 0 Å². The van der Waals surface area contributed by atoms with E-state index in [1.54, 1.807) is 0 Å². The van der Waals surface area contributed by atoms with Gasteiger partial charge in [-0.3, -0.25) is 4.79 Å². The van der Waals surface area contributed by atoms with Crippen LogP contribution in [-0.2, 0) is 4.79 Å². The van der Waals surface area contributed by atoms with Crippen LogP contribution in [0.15, 0.2) is 30.3 Å². The van der Waals surface area contributed by atoms with Crippen molar-refractivity contribution in [2.75, 3.05) is 0 Å².